The molecule has 7 nitrogen and oxygen atoms in total. The minimum atomic E-state index is -3.26. The molecular weight excluding hydrogens is 322 g/mol. The van der Waals surface area contributed by atoms with Crippen molar-refractivity contribution in [2.45, 2.75) is 31.2 Å². The second kappa shape index (κ2) is 7.96. The lowest BCUT2D eigenvalue weighted by Crippen LogP contribution is -2.44. The summed E-state index contributed by atoms with van der Waals surface area (Å²) in [6.07, 6.45) is 1.12. The number of rotatable bonds is 8. The Hall–Kier alpha value is -2.09. The normalized spacial score (nSPS) is 12.7. The van der Waals surface area contributed by atoms with E-state index in [0.717, 1.165) is 6.26 Å². The van der Waals surface area contributed by atoms with Crippen LogP contribution in [0.15, 0.2) is 29.2 Å². The molecule has 0 spiro atoms. The number of carbonyl (C=O) groups excluding carboxylic acids is 1. The fourth-order valence-electron chi connectivity index (χ4n) is 1.80. The van der Waals surface area contributed by atoms with Crippen LogP contribution in [0.5, 0.6) is 5.75 Å². The Bertz CT molecular complexity index is 651. The third-order valence-corrected chi connectivity index (χ3v) is 4.23. The van der Waals surface area contributed by atoms with Crippen molar-refractivity contribution in [3.05, 3.63) is 24.3 Å². The molecule has 1 atom stereocenters. The van der Waals surface area contributed by atoms with Crippen molar-refractivity contribution in [2.75, 3.05) is 12.9 Å². The first-order chi connectivity index (χ1) is 10.6. The fraction of sp³-hybridized carbons (Fsp3) is 0.467. The van der Waals surface area contributed by atoms with E-state index in [0.29, 0.717) is 5.75 Å². The van der Waals surface area contributed by atoms with Crippen LogP contribution in [-0.4, -0.2) is 44.3 Å². The zero-order valence-corrected chi connectivity index (χ0v) is 14.1. The smallest absolute Gasteiger partial charge is 0.326 e. The standard InChI is InChI=1S/C15H21NO6S/c1-10(2)14(15(18)19)16-13(17)8-9-22-11-4-6-12(7-5-11)23(3,20)21/h4-7,10,14H,8-9H2,1-3H3,(H,16,17)(H,18,19)/t14-/m0/s1. The van der Waals surface area contributed by atoms with Gasteiger partial charge in [0.1, 0.15) is 11.8 Å². The lowest BCUT2D eigenvalue weighted by atomic mass is 10.0. The minimum Gasteiger partial charge on any atom is -0.493 e. The van der Waals surface area contributed by atoms with E-state index in [9.17, 15) is 18.0 Å². The predicted molar refractivity (Wildman–Crippen MR) is 84.1 cm³/mol. The van der Waals surface area contributed by atoms with Gasteiger partial charge in [0.25, 0.3) is 0 Å². The molecule has 0 radical (unpaired) electrons. The highest BCUT2D eigenvalue weighted by atomic mass is 32.2. The second-order valence-corrected chi connectivity index (χ2v) is 7.49. The summed E-state index contributed by atoms with van der Waals surface area (Å²) >= 11 is 0. The van der Waals surface area contributed by atoms with E-state index in [1.807, 2.05) is 0 Å². The van der Waals surface area contributed by atoms with Crippen LogP contribution in [0.2, 0.25) is 0 Å². The maximum atomic E-state index is 11.7. The van der Waals surface area contributed by atoms with Gasteiger partial charge in [-0.1, -0.05) is 13.8 Å². The maximum Gasteiger partial charge on any atom is 0.326 e. The van der Waals surface area contributed by atoms with Gasteiger partial charge in [0.15, 0.2) is 9.84 Å². The molecule has 0 aliphatic heterocycles. The molecule has 23 heavy (non-hydrogen) atoms. The van der Waals surface area contributed by atoms with E-state index in [2.05, 4.69) is 5.32 Å². The number of aliphatic carboxylic acids is 1. The number of benzene rings is 1. The fourth-order valence-corrected chi connectivity index (χ4v) is 2.43. The van der Waals surface area contributed by atoms with Crippen LogP contribution in [0, 0.1) is 5.92 Å². The van der Waals surface area contributed by atoms with Crippen LogP contribution in [-0.2, 0) is 19.4 Å². The number of ether oxygens (including phenoxy) is 1. The number of hydrogen-bond donors (Lipinski definition) is 2. The first-order valence-electron chi connectivity index (χ1n) is 7.06. The summed E-state index contributed by atoms with van der Waals surface area (Å²) in [6.45, 7) is 3.48. The molecule has 1 rings (SSSR count). The van der Waals surface area contributed by atoms with Crippen LogP contribution in [0.4, 0.5) is 0 Å². The van der Waals surface area contributed by atoms with Gasteiger partial charge in [-0.25, -0.2) is 13.2 Å². The number of carboxylic acids is 1. The number of sulfone groups is 1. The van der Waals surface area contributed by atoms with Crippen molar-refractivity contribution in [3.8, 4) is 5.75 Å². The molecule has 0 aromatic heterocycles. The van der Waals surface area contributed by atoms with E-state index in [1.54, 1.807) is 13.8 Å². The Balaban J connectivity index is 2.47. The molecule has 0 heterocycles. The summed E-state index contributed by atoms with van der Waals surface area (Å²) < 4.78 is 28.0. The van der Waals surface area contributed by atoms with Crippen molar-refractivity contribution in [1.82, 2.24) is 5.32 Å². The van der Waals surface area contributed by atoms with Gasteiger partial charge in [-0.3, -0.25) is 4.79 Å². The van der Waals surface area contributed by atoms with E-state index < -0.39 is 27.8 Å². The molecule has 2 N–H and O–H groups in total. The third-order valence-electron chi connectivity index (χ3n) is 3.10. The number of carboxylic acid groups (broad SMARTS) is 1. The zero-order valence-electron chi connectivity index (χ0n) is 13.3. The summed E-state index contributed by atoms with van der Waals surface area (Å²) in [6, 6.07) is 4.91. The Morgan fingerprint density at radius 2 is 1.78 bits per heavy atom. The van der Waals surface area contributed by atoms with Gasteiger partial charge in [0, 0.05) is 6.26 Å². The molecule has 0 fully saturated rings. The van der Waals surface area contributed by atoms with Crippen molar-refractivity contribution in [2.24, 2.45) is 5.92 Å². The SMILES string of the molecule is CC(C)[C@H](NC(=O)CCOc1ccc(S(C)(=O)=O)cc1)C(=O)O. The highest BCUT2D eigenvalue weighted by Crippen LogP contribution is 2.15. The lowest BCUT2D eigenvalue weighted by Gasteiger charge is -2.17. The summed E-state index contributed by atoms with van der Waals surface area (Å²) in [7, 11) is -3.26. The first-order valence-corrected chi connectivity index (χ1v) is 8.95. The molecule has 0 bridgehead atoms. The molecule has 1 aromatic carbocycles. The highest BCUT2D eigenvalue weighted by molar-refractivity contribution is 7.90. The average Bonchev–Trinajstić information content (AvgIpc) is 2.43. The number of hydrogen-bond acceptors (Lipinski definition) is 5. The monoisotopic (exact) mass is 343 g/mol. The van der Waals surface area contributed by atoms with Gasteiger partial charge < -0.3 is 15.2 Å². The molecule has 1 amide bonds. The molecule has 0 saturated heterocycles. The minimum absolute atomic E-state index is 0.00429. The van der Waals surface area contributed by atoms with Crippen LogP contribution < -0.4 is 10.1 Å². The Labute approximate surface area is 135 Å². The summed E-state index contributed by atoms with van der Waals surface area (Å²) in [4.78, 5) is 22.9. The quantitative estimate of drug-likeness (QED) is 0.731. The number of carbonyl (C=O) groups is 2. The predicted octanol–water partition coefficient (Wildman–Crippen LogP) is 1.08. The highest BCUT2D eigenvalue weighted by Gasteiger charge is 2.23. The molecule has 0 aliphatic carbocycles. The number of nitrogens with one attached hydrogen (secondary N) is 1. The molecule has 1 aromatic rings. The van der Waals surface area contributed by atoms with Gasteiger partial charge in [-0.2, -0.15) is 0 Å². The molecular formula is C15H21NO6S. The van der Waals surface area contributed by atoms with Gasteiger partial charge in [0.2, 0.25) is 5.91 Å². The van der Waals surface area contributed by atoms with Gasteiger partial charge >= 0.3 is 5.97 Å². The Morgan fingerprint density at radius 3 is 2.22 bits per heavy atom. The van der Waals surface area contributed by atoms with Crippen LogP contribution >= 0.6 is 0 Å². The van der Waals surface area contributed by atoms with E-state index >= 15 is 0 Å². The van der Waals surface area contributed by atoms with E-state index in [4.69, 9.17) is 9.84 Å². The van der Waals surface area contributed by atoms with E-state index in [-0.39, 0.29) is 23.8 Å². The summed E-state index contributed by atoms with van der Waals surface area (Å²) in [5.74, 6) is -1.28. The first kappa shape index (κ1) is 19.0. The van der Waals surface area contributed by atoms with Crippen molar-refractivity contribution >= 4 is 21.7 Å². The van der Waals surface area contributed by atoms with Crippen LogP contribution in [0.1, 0.15) is 20.3 Å². The number of amides is 1. The molecule has 0 aliphatic rings. The topological polar surface area (TPSA) is 110 Å². The summed E-state index contributed by atoms with van der Waals surface area (Å²) in [5, 5.41) is 11.4. The second-order valence-electron chi connectivity index (χ2n) is 5.47. The van der Waals surface area contributed by atoms with Gasteiger partial charge in [-0.15, -0.1) is 0 Å². The molecule has 8 heteroatoms. The molecule has 0 saturated carbocycles. The van der Waals surface area contributed by atoms with E-state index in [1.165, 1.54) is 24.3 Å². The molecule has 128 valence electrons. The molecule has 0 unspecified atom stereocenters. The van der Waals surface area contributed by atoms with Crippen molar-refractivity contribution in [3.63, 3.8) is 0 Å². The zero-order chi connectivity index (χ0) is 17.6. The Morgan fingerprint density at radius 1 is 1.22 bits per heavy atom. The largest absolute Gasteiger partial charge is 0.493 e. The Kier molecular flexibility index (Phi) is 6.56. The van der Waals surface area contributed by atoms with Crippen LogP contribution in [0.3, 0.4) is 0 Å². The van der Waals surface area contributed by atoms with Crippen LogP contribution in [0.25, 0.3) is 0 Å². The maximum absolute atomic E-state index is 11.7. The van der Waals surface area contributed by atoms with Crippen molar-refractivity contribution < 1.29 is 27.9 Å². The lowest BCUT2D eigenvalue weighted by molar-refractivity contribution is -0.143. The summed E-state index contributed by atoms with van der Waals surface area (Å²) in [5.41, 5.74) is 0. The van der Waals surface area contributed by atoms with Crippen molar-refractivity contribution in [1.29, 1.82) is 0 Å². The third kappa shape index (κ3) is 6.27. The van der Waals surface area contributed by atoms with Gasteiger partial charge in [0.05, 0.1) is 17.9 Å². The van der Waals surface area contributed by atoms with Gasteiger partial charge in [-0.05, 0) is 30.2 Å². The average molecular weight is 343 g/mol.